The molecule has 1 saturated heterocycles. The Morgan fingerprint density at radius 3 is 2.35 bits per heavy atom. The summed E-state index contributed by atoms with van der Waals surface area (Å²) in [6.07, 6.45) is 5.74. The molecule has 1 amide bonds. The van der Waals surface area contributed by atoms with E-state index < -0.39 is 10.0 Å². The van der Waals surface area contributed by atoms with Crippen molar-refractivity contribution in [1.82, 2.24) is 9.62 Å². The number of benzene rings is 1. The molecule has 1 aliphatic carbocycles. The maximum absolute atomic E-state index is 12.6. The van der Waals surface area contributed by atoms with Gasteiger partial charge in [-0.05, 0) is 49.8 Å². The van der Waals surface area contributed by atoms with Gasteiger partial charge in [0.15, 0.2) is 0 Å². The molecule has 0 radical (unpaired) electrons. The molecule has 1 N–H and O–H groups in total. The lowest BCUT2D eigenvalue weighted by molar-refractivity contribution is -0.122. The van der Waals surface area contributed by atoms with Gasteiger partial charge in [0.05, 0.1) is 4.90 Å². The molecule has 3 rings (SSSR count). The van der Waals surface area contributed by atoms with Crippen LogP contribution in [0.1, 0.15) is 37.7 Å². The van der Waals surface area contributed by atoms with Crippen molar-refractivity contribution >= 4 is 15.9 Å². The van der Waals surface area contributed by atoms with E-state index in [0.717, 1.165) is 44.1 Å². The van der Waals surface area contributed by atoms with E-state index in [1.807, 2.05) is 12.1 Å². The number of sulfonamides is 1. The van der Waals surface area contributed by atoms with Crippen LogP contribution in [-0.2, 0) is 21.2 Å². The predicted octanol–water partition coefficient (Wildman–Crippen LogP) is 1.93. The third-order valence-corrected chi connectivity index (χ3v) is 6.45. The molecule has 1 heterocycles. The normalized spacial score (nSPS) is 19.5. The van der Waals surface area contributed by atoms with Crippen molar-refractivity contribution in [1.29, 1.82) is 0 Å². The maximum atomic E-state index is 12.6. The smallest absolute Gasteiger partial charge is 0.243 e. The summed E-state index contributed by atoms with van der Waals surface area (Å²) >= 11 is 0. The van der Waals surface area contributed by atoms with Crippen molar-refractivity contribution in [2.45, 2.75) is 43.4 Å². The highest BCUT2D eigenvalue weighted by Crippen LogP contribution is 2.28. The highest BCUT2D eigenvalue weighted by Gasteiger charge is 2.29. The number of carbonyl (C=O) groups is 1. The summed E-state index contributed by atoms with van der Waals surface area (Å²) in [7, 11) is -3.35. The fraction of sp³-hybridized carbons (Fsp3) is 0.588. The number of carbonyl (C=O) groups excluding carboxylic acids is 1. The van der Waals surface area contributed by atoms with Crippen molar-refractivity contribution in [3.05, 3.63) is 29.8 Å². The number of hydrogen-bond donors (Lipinski definition) is 1. The first-order valence-electron chi connectivity index (χ1n) is 8.44. The Labute approximate surface area is 138 Å². The number of hydrogen-bond acceptors (Lipinski definition) is 3. The van der Waals surface area contributed by atoms with Gasteiger partial charge < -0.3 is 5.32 Å². The van der Waals surface area contributed by atoms with Crippen LogP contribution in [0.4, 0.5) is 0 Å². The quantitative estimate of drug-likeness (QED) is 0.863. The molecule has 0 spiro atoms. The van der Waals surface area contributed by atoms with Crippen molar-refractivity contribution in [3.8, 4) is 0 Å². The SMILES string of the molecule is O=C(NCCc1ccc(S(=O)(=O)N2CCCCC2)cc1)C1CC1. The van der Waals surface area contributed by atoms with Gasteiger partial charge in [-0.15, -0.1) is 0 Å². The summed E-state index contributed by atoms with van der Waals surface area (Å²) in [5.41, 5.74) is 1.04. The zero-order valence-electron chi connectivity index (χ0n) is 13.3. The van der Waals surface area contributed by atoms with Crippen LogP contribution < -0.4 is 5.32 Å². The Morgan fingerprint density at radius 1 is 1.09 bits per heavy atom. The number of nitrogens with one attached hydrogen (secondary N) is 1. The fourth-order valence-corrected chi connectivity index (χ4v) is 4.42. The van der Waals surface area contributed by atoms with Crippen LogP contribution in [0.2, 0.25) is 0 Å². The van der Waals surface area contributed by atoms with Gasteiger partial charge in [0, 0.05) is 25.6 Å². The number of nitrogens with zero attached hydrogens (tertiary/aromatic N) is 1. The maximum Gasteiger partial charge on any atom is 0.243 e. The molecular formula is C17H24N2O3S. The first kappa shape index (κ1) is 16.5. The number of piperidine rings is 1. The molecule has 0 bridgehead atoms. The van der Waals surface area contributed by atoms with Crippen molar-refractivity contribution in [3.63, 3.8) is 0 Å². The summed E-state index contributed by atoms with van der Waals surface area (Å²) in [4.78, 5) is 11.9. The van der Waals surface area contributed by atoms with Crippen LogP contribution in [-0.4, -0.2) is 38.3 Å². The molecule has 6 heteroatoms. The highest BCUT2D eigenvalue weighted by atomic mass is 32.2. The molecule has 1 aromatic rings. The van der Waals surface area contributed by atoms with E-state index in [1.165, 1.54) is 0 Å². The van der Waals surface area contributed by atoms with Crippen LogP contribution >= 0.6 is 0 Å². The van der Waals surface area contributed by atoms with Gasteiger partial charge in [-0.1, -0.05) is 18.6 Å². The second-order valence-electron chi connectivity index (χ2n) is 6.42. The highest BCUT2D eigenvalue weighted by molar-refractivity contribution is 7.89. The van der Waals surface area contributed by atoms with Crippen molar-refractivity contribution < 1.29 is 13.2 Å². The van der Waals surface area contributed by atoms with E-state index in [2.05, 4.69) is 5.32 Å². The minimum atomic E-state index is -3.35. The molecular weight excluding hydrogens is 312 g/mol. The molecule has 126 valence electrons. The van der Waals surface area contributed by atoms with Crippen LogP contribution in [0.25, 0.3) is 0 Å². The largest absolute Gasteiger partial charge is 0.356 e. The van der Waals surface area contributed by atoms with Gasteiger partial charge >= 0.3 is 0 Å². The summed E-state index contributed by atoms with van der Waals surface area (Å²) in [6, 6.07) is 7.06. The Balaban J connectivity index is 1.56. The Morgan fingerprint density at radius 2 is 1.74 bits per heavy atom. The molecule has 23 heavy (non-hydrogen) atoms. The standard InChI is InChI=1S/C17H24N2O3S/c20-17(15-6-7-15)18-11-10-14-4-8-16(9-5-14)23(21,22)19-12-2-1-3-13-19/h4-5,8-9,15H,1-3,6-7,10-13H2,(H,18,20). The lowest BCUT2D eigenvalue weighted by Gasteiger charge is -2.25. The fourth-order valence-electron chi connectivity index (χ4n) is 2.90. The van der Waals surface area contributed by atoms with E-state index in [-0.39, 0.29) is 11.8 Å². The van der Waals surface area contributed by atoms with Crippen LogP contribution in [0.3, 0.4) is 0 Å². The average molecular weight is 336 g/mol. The van der Waals surface area contributed by atoms with E-state index >= 15 is 0 Å². The Kier molecular flexibility index (Phi) is 5.02. The van der Waals surface area contributed by atoms with Gasteiger partial charge in [0.2, 0.25) is 15.9 Å². The third-order valence-electron chi connectivity index (χ3n) is 4.54. The summed E-state index contributed by atoms with van der Waals surface area (Å²) in [5, 5.41) is 2.92. The summed E-state index contributed by atoms with van der Waals surface area (Å²) in [6.45, 7) is 1.85. The van der Waals surface area contributed by atoms with E-state index in [9.17, 15) is 13.2 Å². The van der Waals surface area contributed by atoms with Gasteiger partial charge in [-0.25, -0.2) is 8.42 Å². The molecule has 1 aliphatic heterocycles. The van der Waals surface area contributed by atoms with Gasteiger partial charge in [0.1, 0.15) is 0 Å². The molecule has 2 aliphatic rings. The summed E-state index contributed by atoms with van der Waals surface area (Å²) < 4.78 is 26.7. The minimum absolute atomic E-state index is 0.147. The molecule has 0 unspecified atom stereocenters. The molecule has 1 aromatic carbocycles. The molecule has 0 aromatic heterocycles. The number of rotatable bonds is 6. The zero-order valence-corrected chi connectivity index (χ0v) is 14.1. The van der Waals surface area contributed by atoms with Crippen LogP contribution in [0.15, 0.2) is 29.2 Å². The summed E-state index contributed by atoms with van der Waals surface area (Å²) in [5.74, 6) is 0.376. The second kappa shape index (κ2) is 7.01. The molecule has 2 fully saturated rings. The monoisotopic (exact) mass is 336 g/mol. The van der Waals surface area contributed by atoms with Crippen LogP contribution in [0, 0.1) is 5.92 Å². The first-order chi connectivity index (χ1) is 11.1. The van der Waals surface area contributed by atoms with Crippen molar-refractivity contribution in [2.24, 2.45) is 5.92 Å². The van der Waals surface area contributed by atoms with Crippen LogP contribution in [0.5, 0.6) is 0 Å². The first-order valence-corrected chi connectivity index (χ1v) is 9.88. The topological polar surface area (TPSA) is 66.5 Å². The molecule has 0 atom stereocenters. The predicted molar refractivity (Wildman–Crippen MR) is 88.5 cm³/mol. The van der Waals surface area contributed by atoms with Crippen molar-refractivity contribution in [2.75, 3.05) is 19.6 Å². The zero-order chi connectivity index (χ0) is 16.3. The van der Waals surface area contributed by atoms with E-state index in [1.54, 1.807) is 16.4 Å². The Bertz CT molecular complexity index is 645. The minimum Gasteiger partial charge on any atom is -0.356 e. The Hall–Kier alpha value is -1.40. The lowest BCUT2D eigenvalue weighted by atomic mass is 10.1. The van der Waals surface area contributed by atoms with E-state index in [4.69, 9.17) is 0 Å². The second-order valence-corrected chi connectivity index (χ2v) is 8.36. The van der Waals surface area contributed by atoms with Gasteiger partial charge in [-0.2, -0.15) is 4.31 Å². The number of amides is 1. The van der Waals surface area contributed by atoms with Gasteiger partial charge in [0.25, 0.3) is 0 Å². The lowest BCUT2D eigenvalue weighted by Crippen LogP contribution is -2.35. The molecule has 1 saturated carbocycles. The third kappa shape index (κ3) is 4.12. The molecule has 5 nitrogen and oxygen atoms in total. The average Bonchev–Trinajstić information content (AvgIpc) is 3.41. The van der Waals surface area contributed by atoms with E-state index in [0.29, 0.717) is 24.5 Å². The van der Waals surface area contributed by atoms with Gasteiger partial charge in [-0.3, -0.25) is 4.79 Å².